The molecule has 2 heterocycles. The molecule has 1 fully saturated rings. The van der Waals surface area contributed by atoms with Gasteiger partial charge in [-0.05, 0) is 12.1 Å². The van der Waals surface area contributed by atoms with E-state index < -0.39 is 17.4 Å². The van der Waals surface area contributed by atoms with Crippen LogP contribution in [-0.2, 0) is 4.79 Å². The molecule has 2 aromatic rings. The Morgan fingerprint density at radius 2 is 2.00 bits per heavy atom. The van der Waals surface area contributed by atoms with E-state index in [1.807, 2.05) is 4.90 Å². The normalized spacial score (nSPS) is 16.3. The molecular formula is C17H18FN3O4. The summed E-state index contributed by atoms with van der Waals surface area (Å²) < 4.78 is 24.5. The molecule has 132 valence electrons. The fraction of sp³-hybridized carbons (Fsp3) is 0.353. The summed E-state index contributed by atoms with van der Waals surface area (Å²) in [5, 5.41) is 9.66. The molecule has 0 bridgehead atoms. The number of carboxylic acid groups (broad SMARTS) is 1. The van der Waals surface area contributed by atoms with Crippen molar-refractivity contribution in [2.45, 2.75) is 18.4 Å². The van der Waals surface area contributed by atoms with Crippen molar-refractivity contribution in [3.05, 3.63) is 42.3 Å². The van der Waals surface area contributed by atoms with Crippen LogP contribution < -0.4 is 14.4 Å². The van der Waals surface area contributed by atoms with Crippen molar-refractivity contribution in [3.8, 4) is 11.6 Å². The van der Waals surface area contributed by atoms with Gasteiger partial charge in [-0.15, -0.1) is 0 Å². The molecule has 0 radical (unpaired) electrons. The minimum absolute atomic E-state index is 0.0593. The second-order valence-corrected chi connectivity index (χ2v) is 5.72. The molecule has 7 nitrogen and oxygen atoms in total. The number of para-hydroxylation sites is 1. The maximum absolute atomic E-state index is 13.8. The topological polar surface area (TPSA) is 84.8 Å². The van der Waals surface area contributed by atoms with Crippen molar-refractivity contribution in [1.82, 2.24) is 9.97 Å². The number of piperidine rings is 1. The Kier molecular flexibility index (Phi) is 4.69. The molecule has 0 atom stereocenters. The lowest BCUT2D eigenvalue weighted by Gasteiger charge is -2.38. The molecule has 0 spiro atoms. The van der Waals surface area contributed by atoms with Crippen LogP contribution in [0.25, 0.3) is 0 Å². The van der Waals surface area contributed by atoms with Gasteiger partial charge in [0.15, 0.2) is 11.6 Å². The number of hydrogen-bond acceptors (Lipinski definition) is 6. The first-order valence-corrected chi connectivity index (χ1v) is 7.83. The zero-order valence-electron chi connectivity index (χ0n) is 13.7. The van der Waals surface area contributed by atoms with E-state index in [-0.39, 0.29) is 18.6 Å². The van der Waals surface area contributed by atoms with Gasteiger partial charge in [-0.3, -0.25) is 0 Å². The van der Waals surface area contributed by atoms with Gasteiger partial charge in [0.05, 0.1) is 7.11 Å². The number of carbonyl (C=O) groups is 1. The molecule has 0 saturated carbocycles. The number of halogens is 1. The summed E-state index contributed by atoms with van der Waals surface area (Å²) in [4.78, 5) is 22.1. The summed E-state index contributed by atoms with van der Waals surface area (Å²) in [6.07, 6.45) is 1.94. The monoisotopic (exact) mass is 347 g/mol. The second-order valence-electron chi connectivity index (χ2n) is 5.72. The first kappa shape index (κ1) is 16.9. The molecule has 3 rings (SSSR count). The molecule has 8 heteroatoms. The lowest BCUT2D eigenvalue weighted by Crippen LogP contribution is -2.53. The number of ether oxygens (including phenoxy) is 2. The number of anilines is 1. The van der Waals surface area contributed by atoms with Gasteiger partial charge in [0, 0.05) is 38.2 Å². The summed E-state index contributed by atoms with van der Waals surface area (Å²) in [5.41, 5.74) is -1.47. The Morgan fingerprint density at radius 3 is 2.64 bits per heavy atom. The van der Waals surface area contributed by atoms with Gasteiger partial charge >= 0.3 is 5.97 Å². The first-order chi connectivity index (χ1) is 12.0. The Labute approximate surface area is 144 Å². The second kappa shape index (κ2) is 6.92. The summed E-state index contributed by atoms with van der Waals surface area (Å²) in [5.74, 6) is -0.855. The van der Waals surface area contributed by atoms with Gasteiger partial charge in [0.1, 0.15) is 0 Å². The fourth-order valence-corrected chi connectivity index (χ4v) is 2.76. The third kappa shape index (κ3) is 3.47. The van der Waals surface area contributed by atoms with E-state index in [1.165, 1.54) is 25.3 Å². The molecular weight excluding hydrogens is 329 g/mol. The Balaban J connectivity index is 1.76. The van der Waals surface area contributed by atoms with E-state index >= 15 is 0 Å². The van der Waals surface area contributed by atoms with Crippen molar-refractivity contribution in [1.29, 1.82) is 0 Å². The summed E-state index contributed by atoms with van der Waals surface area (Å²) in [6, 6.07) is 7.43. The quantitative estimate of drug-likeness (QED) is 0.887. The van der Waals surface area contributed by atoms with Crippen LogP contribution in [0.15, 0.2) is 36.5 Å². The van der Waals surface area contributed by atoms with Crippen LogP contribution in [0.5, 0.6) is 11.6 Å². The van der Waals surface area contributed by atoms with Crippen LogP contribution in [0, 0.1) is 5.82 Å². The number of aromatic nitrogens is 2. The SMILES string of the molecule is COc1ccnc(N2CCC(Oc3ccccc3F)(C(=O)O)CC2)n1. The minimum Gasteiger partial charge on any atom is -0.481 e. The van der Waals surface area contributed by atoms with Gasteiger partial charge in [-0.2, -0.15) is 4.98 Å². The number of nitrogens with zero attached hydrogens (tertiary/aromatic N) is 3. The summed E-state index contributed by atoms with van der Waals surface area (Å²) in [6.45, 7) is 0.738. The third-order valence-corrected chi connectivity index (χ3v) is 4.21. The van der Waals surface area contributed by atoms with E-state index in [4.69, 9.17) is 9.47 Å². The van der Waals surface area contributed by atoms with Crippen LogP contribution in [0.2, 0.25) is 0 Å². The van der Waals surface area contributed by atoms with Crippen molar-refractivity contribution >= 4 is 11.9 Å². The van der Waals surface area contributed by atoms with Gasteiger partial charge in [-0.25, -0.2) is 14.2 Å². The maximum Gasteiger partial charge on any atom is 0.348 e. The average molecular weight is 347 g/mol. The number of rotatable bonds is 5. The van der Waals surface area contributed by atoms with E-state index in [2.05, 4.69) is 9.97 Å². The van der Waals surface area contributed by atoms with Crippen LogP contribution in [0.3, 0.4) is 0 Å². The highest BCUT2D eigenvalue weighted by atomic mass is 19.1. The molecule has 1 aromatic heterocycles. The first-order valence-electron chi connectivity index (χ1n) is 7.83. The number of hydrogen-bond donors (Lipinski definition) is 1. The van der Waals surface area contributed by atoms with Crippen LogP contribution in [0.1, 0.15) is 12.8 Å². The van der Waals surface area contributed by atoms with Crippen LogP contribution in [0.4, 0.5) is 10.3 Å². The predicted molar refractivity (Wildman–Crippen MR) is 87.4 cm³/mol. The summed E-state index contributed by atoms with van der Waals surface area (Å²) >= 11 is 0. The van der Waals surface area contributed by atoms with Crippen molar-refractivity contribution in [2.24, 2.45) is 0 Å². The Morgan fingerprint density at radius 1 is 1.28 bits per heavy atom. The summed E-state index contributed by atoms with van der Waals surface area (Å²) in [7, 11) is 1.51. The van der Waals surface area contributed by atoms with Gasteiger partial charge < -0.3 is 19.5 Å². The molecule has 25 heavy (non-hydrogen) atoms. The Bertz CT molecular complexity index is 763. The molecule has 0 aliphatic carbocycles. The van der Waals surface area contributed by atoms with Crippen LogP contribution >= 0.6 is 0 Å². The lowest BCUT2D eigenvalue weighted by molar-refractivity contribution is -0.157. The molecule has 1 saturated heterocycles. The van der Waals surface area contributed by atoms with E-state index in [9.17, 15) is 14.3 Å². The zero-order chi connectivity index (χ0) is 17.9. The highest BCUT2D eigenvalue weighted by molar-refractivity contribution is 5.78. The largest absolute Gasteiger partial charge is 0.481 e. The maximum atomic E-state index is 13.8. The number of aliphatic carboxylic acids is 1. The Hall–Kier alpha value is -2.90. The predicted octanol–water partition coefficient (Wildman–Crippen LogP) is 2.13. The lowest BCUT2D eigenvalue weighted by atomic mass is 9.91. The van der Waals surface area contributed by atoms with E-state index in [0.717, 1.165) is 0 Å². The fourth-order valence-electron chi connectivity index (χ4n) is 2.76. The zero-order valence-corrected chi connectivity index (χ0v) is 13.7. The van der Waals surface area contributed by atoms with Gasteiger partial charge in [0.25, 0.3) is 0 Å². The van der Waals surface area contributed by atoms with E-state index in [1.54, 1.807) is 18.3 Å². The van der Waals surface area contributed by atoms with Crippen LogP contribution in [-0.4, -0.2) is 46.8 Å². The van der Waals surface area contributed by atoms with Crippen molar-refractivity contribution in [3.63, 3.8) is 0 Å². The standard InChI is InChI=1S/C17H18FN3O4/c1-24-14-6-9-19-16(20-14)21-10-7-17(8-11-21,15(22)23)25-13-5-3-2-4-12(13)18/h2-6,9H,7-8,10-11H2,1H3,(H,22,23). The molecule has 1 aliphatic rings. The van der Waals surface area contributed by atoms with Gasteiger partial charge in [-0.1, -0.05) is 12.1 Å². The van der Waals surface area contributed by atoms with Gasteiger partial charge in [0.2, 0.25) is 17.4 Å². The molecule has 1 aromatic carbocycles. The molecule has 1 N–H and O–H groups in total. The highest BCUT2D eigenvalue weighted by Gasteiger charge is 2.45. The van der Waals surface area contributed by atoms with Crippen molar-refractivity contribution in [2.75, 3.05) is 25.1 Å². The smallest absolute Gasteiger partial charge is 0.348 e. The third-order valence-electron chi connectivity index (χ3n) is 4.21. The number of carboxylic acids is 1. The minimum atomic E-state index is -1.47. The molecule has 1 aliphatic heterocycles. The number of methoxy groups -OCH3 is 1. The number of benzene rings is 1. The average Bonchev–Trinajstić information content (AvgIpc) is 2.64. The van der Waals surface area contributed by atoms with Crippen molar-refractivity contribution < 1.29 is 23.8 Å². The van der Waals surface area contributed by atoms with E-state index in [0.29, 0.717) is 24.9 Å². The molecule has 0 unspecified atom stereocenters. The molecule has 0 amide bonds. The highest BCUT2D eigenvalue weighted by Crippen LogP contribution is 2.32.